The summed E-state index contributed by atoms with van der Waals surface area (Å²) in [7, 11) is 5.85. The molecule has 96 valence electrons. The summed E-state index contributed by atoms with van der Waals surface area (Å²) >= 11 is 0. The molecule has 1 N–H and O–H groups in total. The maximum atomic E-state index is 5.41. The summed E-state index contributed by atoms with van der Waals surface area (Å²) in [6.07, 6.45) is 0. The molecule has 0 fully saturated rings. The van der Waals surface area contributed by atoms with E-state index in [0.29, 0.717) is 12.1 Å². The van der Waals surface area contributed by atoms with Crippen LogP contribution in [0.1, 0.15) is 25.5 Å². The summed E-state index contributed by atoms with van der Waals surface area (Å²) in [4.78, 5) is 2.33. The number of rotatable bonds is 6. The molecule has 1 rings (SSSR count). The highest BCUT2D eigenvalue weighted by molar-refractivity contribution is 5.36. The van der Waals surface area contributed by atoms with Crippen LogP contribution in [-0.2, 0) is 0 Å². The number of likely N-dealkylation sites (N-methyl/N-ethyl adjacent to an activating group) is 2. The van der Waals surface area contributed by atoms with Crippen molar-refractivity contribution >= 4 is 0 Å². The second-order valence-electron chi connectivity index (χ2n) is 4.62. The number of para-hydroxylation sites is 1. The molecule has 0 amide bonds. The van der Waals surface area contributed by atoms with Crippen molar-refractivity contribution < 1.29 is 4.74 Å². The fourth-order valence-corrected chi connectivity index (χ4v) is 1.80. The van der Waals surface area contributed by atoms with Crippen LogP contribution in [0.4, 0.5) is 0 Å². The Labute approximate surface area is 105 Å². The third-order valence-corrected chi connectivity index (χ3v) is 3.21. The molecule has 0 spiro atoms. The smallest absolute Gasteiger partial charge is 0.123 e. The molecule has 1 aromatic rings. The highest BCUT2D eigenvalue weighted by Crippen LogP contribution is 2.25. The topological polar surface area (TPSA) is 24.5 Å². The van der Waals surface area contributed by atoms with Crippen LogP contribution in [0.3, 0.4) is 0 Å². The second-order valence-corrected chi connectivity index (χ2v) is 4.62. The number of hydrogen-bond acceptors (Lipinski definition) is 3. The van der Waals surface area contributed by atoms with Gasteiger partial charge in [-0.05, 0) is 34.0 Å². The predicted molar refractivity (Wildman–Crippen MR) is 72.6 cm³/mol. The number of nitrogens with one attached hydrogen (secondary N) is 1. The van der Waals surface area contributed by atoms with Crippen LogP contribution in [0.2, 0.25) is 0 Å². The minimum atomic E-state index is 0.290. The van der Waals surface area contributed by atoms with E-state index in [1.165, 1.54) is 5.56 Å². The summed E-state index contributed by atoms with van der Waals surface area (Å²) in [5.41, 5.74) is 1.21. The molecule has 0 saturated carbocycles. The molecule has 17 heavy (non-hydrogen) atoms. The van der Waals surface area contributed by atoms with Crippen molar-refractivity contribution in [2.75, 3.05) is 27.7 Å². The maximum absolute atomic E-state index is 5.41. The van der Waals surface area contributed by atoms with E-state index in [4.69, 9.17) is 4.74 Å². The third-order valence-electron chi connectivity index (χ3n) is 3.21. The summed E-state index contributed by atoms with van der Waals surface area (Å²) in [5.74, 6) is 0.948. The summed E-state index contributed by atoms with van der Waals surface area (Å²) in [6.45, 7) is 5.37. The first kappa shape index (κ1) is 14.0. The van der Waals surface area contributed by atoms with Gasteiger partial charge in [0.15, 0.2) is 0 Å². The number of benzene rings is 1. The van der Waals surface area contributed by atoms with E-state index in [0.717, 1.165) is 12.3 Å². The standard InChI is InChI=1S/C14H24N2O/c1-11(2)16(4)10-13(15-3)12-8-6-7-9-14(12)17-5/h6-9,11,13,15H,10H2,1-5H3. The lowest BCUT2D eigenvalue weighted by atomic mass is 10.0. The van der Waals surface area contributed by atoms with E-state index in [-0.39, 0.29) is 0 Å². The Morgan fingerprint density at radius 2 is 1.94 bits per heavy atom. The molecule has 0 radical (unpaired) electrons. The predicted octanol–water partition coefficient (Wildman–Crippen LogP) is 2.30. The highest BCUT2D eigenvalue weighted by atomic mass is 16.5. The fraction of sp³-hybridized carbons (Fsp3) is 0.571. The average Bonchev–Trinajstić information content (AvgIpc) is 2.35. The van der Waals surface area contributed by atoms with Crippen molar-refractivity contribution in [2.24, 2.45) is 0 Å². The minimum absolute atomic E-state index is 0.290. The normalized spacial score (nSPS) is 13.1. The lowest BCUT2D eigenvalue weighted by Gasteiger charge is -2.27. The van der Waals surface area contributed by atoms with Gasteiger partial charge in [-0.2, -0.15) is 0 Å². The van der Waals surface area contributed by atoms with Gasteiger partial charge < -0.3 is 15.0 Å². The molecule has 3 nitrogen and oxygen atoms in total. The van der Waals surface area contributed by atoms with Crippen molar-refractivity contribution in [2.45, 2.75) is 25.9 Å². The Bertz CT molecular complexity index is 339. The first-order chi connectivity index (χ1) is 8.10. The zero-order valence-corrected chi connectivity index (χ0v) is 11.5. The Morgan fingerprint density at radius 3 is 2.47 bits per heavy atom. The molecule has 0 aromatic heterocycles. The van der Waals surface area contributed by atoms with Gasteiger partial charge in [-0.3, -0.25) is 0 Å². The van der Waals surface area contributed by atoms with Gasteiger partial charge in [0.2, 0.25) is 0 Å². The molecule has 1 aromatic carbocycles. The summed E-state index contributed by atoms with van der Waals surface area (Å²) in [6, 6.07) is 9.02. The van der Waals surface area contributed by atoms with Gasteiger partial charge in [-0.1, -0.05) is 18.2 Å². The van der Waals surface area contributed by atoms with Crippen molar-refractivity contribution in [3.05, 3.63) is 29.8 Å². The Balaban J connectivity index is 2.86. The van der Waals surface area contributed by atoms with E-state index in [1.807, 2.05) is 19.2 Å². The Morgan fingerprint density at radius 1 is 1.29 bits per heavy atom. The number of hydrogen-bond donors (Lipinski definition) is 1. The molecule has 0 bridgehead atoms. The molecular weight excluding hydrogens is 212 g/mol. The highest BCUT2D eigenvalue weighted by Gasteiger charge is 2.16. The molecule has 1 atom stereocenters. The average molecular weight is 236 g/mol. The Hall–Kier alpha value is -1.06. The maximum Gasteiger partial charge on any atom is 0.123 e. The third kappa shape index (κ3) is 3.72. The molecule has 0 aliphatic rings. The van der Waals surface area contributed by atoms with E-state index >= 15 is 0 Å². The van der Waals surface area contributed by atoms with Gasteiger partial charge in [-0.25, -0.2) is 0 Å². The lowest BCUT2D eigenvalue weighted by molar-refractivity contribution is 0.244. The van der Waals surface area contributed by atoms with Crippen LogP contribution in [0.5, 0.6) is 5.75 Å². The van der Waals surface area contributed by atoms with Gasteiger partial charge in [-0.15, -0.1) is 0 Å². The van der Waals surface area contributed by atoms with E-state index in [2.05, 4.69) is 43.2 Å². The van der Waals surface area contributed by atoms with Crippen LogP contribution in [-0.4, -0.2) is 38.7 Å². The summed E-state index contributed by atoms with van der Waals surface area (Å²) < 4.78 is 5.41. The van der Waals surface area contributed by atoms with E-state index < -0.39 is 0 Å². The molecule has 0 saturated heterocycles. The van der Waals surface area contributed by atoms with E-state index in [1.54, 1.807) is 7.11 Å². The van der Waals surface area contributed by atoms with Crippen LogP contribution < -0.4 is 10.1 Å². The van der Waals surface area contributed by atoms with Crippen molar-refractivity contribution in [1.82, 2.24) is 10.2 Å². The minimum Gasteiger partial charge on any atom is -0.496 e. The first-order valence-corrected chi connectivity index (χ1v) is 6.10. The SMILES string of the molecule is CNC(CN(C)C(C)C)c1ccccc1OC. The zero-order chi connectivity index (χ0) is 12.8. The van der Waals surface area contributed by atoms with Crippen LogP contribution in [0, 0.1) is 0 Å². The number of ether oxygens (including phenoxy) is 1. The van der Waals surface area contributed by atoms with Crippen molar-refractivity contribution in [1.29, 1.82) is 0 Å². The zero-order valence-electron chi connectivity index (χ0n) is 11.5. The molecule has 0 heterocycles. The lowest BCUT2D eigenvalue weighted by Crippen LogP contribution is -2.35. The fourth-order valence-electron chi connectivity index (χ4n) is 1.80. The van der Waals surface area contributed by atoms with Crippen LogP contribution in [0.25, 0.3) is 0 Å². The molecule has 0 aliphatic carbocycles. The van der Waals surface area contributed by atoms with Crippen molar-refractivity contribution in [3.8, 4) is 5.75 Å². The molecule has 3 heteroatoms. The number of methoxy groups -OCH3 is 1. The number of nitrogens with zero attached hydrogens (tertiary/aromatic N) is 1. The quantitative estimate of drug-likeness (QED) is 0.820. The van der Waals surface area contributed by atoms with Crippen molar-refractivity contribution in [3.63, 3.8) is 0 Å². The van der Waals surface area contributed by atoms with Gasteiger partial charge in [0, 0.05) is 24.2 Å². The molecule has 0 aliphatic heterocycles. The first-order valence-electron chi connectivity index (χ1n) is 6.10. The molecular formula is C14H24N2O. The monoisotopic (exact) mass is 236 g/mol. The van der Waals surface area contributed by atoms with Crippen LogP contribution >= 0.6 is 0 Å². The van der Waals surface area contributed by atoms with Gasteiger partial charge in [0.05, 0.1) is 7.11 Å². The van der Waals surface area contributed by atoms with Gasteiger partial charge in [0.1, 0.15) is 5.75 Å². The van der Waals surface area contributed by atoms with Crippen LogP contribution in [0.15, 0.2) is 24.3 Å². The van der Waals surface area contributed by atoms with Gasteiger partial charge >= 0.3 is 0 Å². The van der Waals surface area contributed by atoms with E-state index in [9.17, 15) is 0 Å². The summed E-state index contributed by atoms with van der Waals surface area (Å²) in [5, 5.41) is 3.36. The van der Waals surface area contributed by atoms with Gasteiger partial charge in [0.25, 0.3) is 0 Å². The molecule has 1 unspecified atom stereocenters. The largest absolute Gasteiger partial charge is 0.496 e. The Kier molecular flexibility index (Phi) is 5.45. The second kappa shape index (κ2) is 6.62.